The van der Waals surface area contributed by atoms with Gasteiger partial charge in [0.15, 0.2) is 0 Å². The van der Waals surface area contributed by atoms with Crippen molar-refractivity contribution < 1.29 is 9.13 Å². The van der Waals surface area contributed by atoms with Crippen molar-refractivity contribution in [2.45, 2.75) is 12.5 Å². The zero-order valence-electron chi connectivity index (χ0n) is 9.77. The summed E-state index contributed by atoms with van der Waals surface area (Å²) in [7, 11) is 0. The second kappa shape index (κ2) is 4.64. The Bertz CT molecular complexity index is 559. The number of ether oxygens (including phenoxy) is 1. The Morgan fingerprint density at radius 1 is 1.28 bits per heavy atom. The number of benzene rings is 1. The van der Waals surface area contributed by atoms with E-state index in [1.807, 2.05) is 24.3 Å². The molecular formula is C14H13FN2O. The van der Waals surface area contributed by atoms with Crippen LogP contribution in [0.2, 0.25) is 0 Å². The second-order valence-corrected chi connectivity index (χ2v) is 4.24. The summed E-state index contributed by atoms with van der Waals surface area (Å²) in [5.41, 5.74) is 1.85. The minimum Gasteiger partial charge on any atom is -0.493 e. The number of nitrogens with zero attached hydrogens (tertiary/aromatic N) is 1. The third kappa shape index (κ3) is 2.14. The molecule has 0 saturated carbocycles. The third-order valence-corrected chi connectivity index (χ3v) is 3.03. The summed E-state index contributed by atoms with van der Waals surface area (Å²) in [6.45, 7) is 0.669. The predicted molar refractivity (Wildman–Crippen MR) is 67.1 cm³/mol. The van der Waals surface area contributed by atoms with Crippen molar-refractivity contribution >= 4 is 5.69 Å². The number of nitrogens with one attached hydrogen (secondary N) is 1. The zero-order chi connectivity index (χ0) is 12.4. The standard InChI is InChI=1S/C14H13FN2O/c15-14-9-10(5-7-16-14)17-12-6-8-18-13-4-2-1-3-11(12)13/h1-5,7,9,12H,6,8H2,(H,16,17). The molecular weight excluding hydrogens is 231 g/mol. The fraction of sp³-hybridized carbons (Fsp3) is 0.214. The van der Waals surface area contributed by atoms with Crippen LogP contribution in [0.25, 0.3) is 0 Å². The van der Waals surface area contributed by atoms with Crippen LogP contribution in [0.15, 0.2) is 42.6 Å². The van der Waals surface area contributed by atoms with Crippen molar-refractivity contribution in [2.24, 2.45) is 0 Å². The SMILES string of the molecule is Fc1cc(NC2CCOc3ccccc32)ccn1. The van der Waals surface area contributed by atoms with Crippen molar-refractivity contribution in [3.05, 3.63) is 54.1 Å². The highest BCUT2D eigenvalue weighted by Gasteiger charge is 2.20. The lowest BCUT2D eigenvalue weighted by atomic mass is 10.0. The Morgan fingerprint density at radius 2 is 2.17 bits per heavy atom. The van der Waals surface area contributed by atoms with E-state index in [4.69, 9.17) is 4.74 Å². The number of pyridine rings is 1. The average Bonchev–Trinajstić information content (AvgIpc) is 2.39. The molecule has 0 aliphatic carbocycles. The van der Waals surface area contributed by atoms with E-state index in [0.29, 0.717) is 6.61 Å². The van der Waals surface area contributed by atoms with Gasteiger partial charge >= 0.3 is 0 Å². The van der Waals surface area contributed by atoms with E-state index < -0.39 is 5.95 Å². The Labute approximate surface area is 105 Å². The molecule has 1 aromatic carbocycles. The fourth-order valence-corrected chi connectivity index (χ4v) is 2.19. The number of anilines is 1. The average molecular weight is 244 g/mol. The van der Waals surface area contributed by atoms with Gasteiger partial charge in [0.1, 0.15) is 5.75 Å². The first-order valence-corrected chi connectivity index (χ1v) is 5.93. The van der Waals surface area contributed by atoms with Gasteiger partial charge in [0.25, 0.3) is 0 Å². The summed E-state index contributed by atoms with van der Waals surface area (Å²) in [5, 5.41) is 3.32. The monoisotopic (exact) mass is 244 g/mol. The van der Waals surface area contributed by atoms with Gasteiger partial charge in [-0.15, -0.1) is 0 Å². The number of hydrogen-bond donors (Lipinski definition) is 1. The summed E-state index contributed by atoms with van der Waals surface area (Å²) in [6.07, 6.45) is 2.32. The molecule has 1 aliphatic rings. The van der Waals surface area contributed by atoms with Gasteiger partial charge in [-0.25, -0.2) is 4.98 Å². The lowest BCUT2D eigenvalue weighted by Crippen LogP contribution is -2.20. The lowest BCUT2D eigenvalue weighted by molar-refractivity contribution is 0.274. The van der Waals surface area contributed by atoms with Gasteiger partial charge in [-0.3, -0.25) is 0 Å². The fourth-order valence-electron chi connectivity index (χ4n) is 2.19. The molecule has 0 amide bonds. The largest absolute Gasteiger partial charge is 0.493 e. The Morgan fingerprint density at radius 3 is 3.06 bits per heavy atom. The Kier molecular flexibility index (Phi) is 2.84. The quantitative estimate of drug-likeness (QED) is 0.824. The van der Waals surface area contributed by atoms with Crippen molar-refractivity contribution in [1.29, 1.82) is 0 Å². The molecule has 18 heavy (non-hydrogen) atoms. The summed E-state index contributed by atoms with van der Waals surface area (Å²) in [6, 6.07) is 11.2. The van der Waals surface area contributed by atoms with Crippen LogP contribution in [0.4, 0.5) is 10.1 Å². The van der Waals surface area contributed by atoms with E-state index in [0.717, 1.165) is 23.4 Å². The maximum atomic E-state index is 13.0. The summed E-state index contributed by atoms with van der Waals surface area (Å²) in [5.74, 6) is 0.427. The van der Waals surface area contributed by atoms with Crippen LogP contribution in [0, 0.1) is 5.95 Å². The molecule has 0 saturated heterocycles. The molecule has 2 heterocycles. The van der Waals surface area contributed by atoms with E-state index >= 15 is 0 Å². The molecule has 1 unspecified atom stereocenters. The van der Waals surface area contributed by atoms with Crippen LogP contribution in [-0.2, 0) is 0 Å². The lowest BCUT2D eigenvalue weighted by Gasteiger charge is -2.27. The molecule has 4 heteroatoms. The van der Waals surface area contributed by atoms with Gasteiger partial charge in [-0.1, -0.05) is 18.2 Å². The topological polar surface area (TPSA) is 34.1 Å². The van der Waals surface area contributed by atoms with E-state index in [2.05, 4.69) is 10.3 Å². The molecule has 0 fully saturated rings. The van der Waals surface area contributed by atoms with Crippen LogP contribution in [-0.4, -0.2) is 11.6 Å². The van der Waals surface area contributed by atoms with Gasteiger partial charge in [-0.05, 0) is 12.1 Å². The minimum atomic E-state index is -0.472. The van der Waals surface area contributed by atoms with Crippen LogP contribution < -0.4 is 10.1 Å². The first-order chi connectivity index (χ1) is 8.83. The number of aromatic nitrogens is 1. The van der Waals surface area contributed by atoms with Gasteiger partial charge in [0.05, 0.1) is 12.6 Å². The molecule has 3 rings (SSSR count). The van der Waals surface area contributed by atoms with Crippen molar-refractivity contribution in [2.75, 3.05) is 11.9 Å². The normalized spacial score (nSPS) is 17.7. The molecule has 92 valence electrons. The van der Waals surface area contributed by atoms with Gasteiger partial charge in [0, 0.05) is 29.9 Å². The van der Waals surface area contributed by atoms with Crippen LogP contribution in [0.5, 0.6) is 5.75 Å². The summed E-state index contributed by atoms with van der Waals surface area (Å²) >= 11 is 0. The molecule has 0 bridgehead atoms. The predicted octanol–water partition coefficient (Wildman–Crippen LogP) is 3.16. The number of halogens is 1. The summed E-state index contributed by atoms with van der Waals surface area (Å²) < 4.78 is 18.6. The first-order valence-electron chi connectivity index (χ1n) is 5.93. The van der Waals surface area contributed by atoms with Gasteiger partial charge in [-0.2, -0.15) is 4.39 Å². The molecule has 1 aliphatic heterocycles. The first kappa shape index (κ1) is 11.0. The van der Waals surface area contributed by atoms with Crippen LogP contribution >= 0.6 is 0 Å². The number of para-hydroxylation sites is 1. The second-order valence-electron chi connectivity index (χ2n) is 4.24. The van der Waals surface area contributed by atoms with Crippen molar-refractivity contribution in [3.63, 3.8) is 0 Å². The van der Waals surface area contributed by atoms with E-state index in [1.54, 1.807) is 6.07 Å². The van der Waals surface area contributed by atoms with E-state index in [1.165, 1.54) is 12.3 Å². The molecule has 0 radical (unpaired) electrons. The molecule has 1 N–H and O–H groups in total. The van der Waals surface area contributed by atoms with E-state index in [9.17, 15) is 4.39 Å². The highest BCUT2D eigenvalue weighted by atomic mass is 19.1. The number of rotatable bonds is 2. The summed E-state index contributed by atoms with van der Waals surface area (Å²) in [4.78, 5) is 3.55. The maximum Gasteiger partial charge on any atom is 0.214 e. The molecule has 1 atom stereocenters. The Balaban J connectivity index is 1.86. The zero-order valence-corrected chi connectivity index (χ0v) is 9.77. The van der Waals surface area contributed by atoms with Crippen molar-refractivity contribution in [1.82, 2.24) is 4.98 Å². The molecule has 3 nitrogen and oxygen atoms in total. The van der Waals surface area contributed by atoms with Gasteiger partial charge in [0.2, 0.25) is 5.95 Å². The van der Waals surface area contributed by atoms with Gasteiger partial charge < -0.3 is 10.1 Å². The highest BCUT2D eigenvalue weighted by molar-refractivity contribution is 5.47. The number of hydrogen-bond acceptors (Lipinski definition) is 3. The highest BCUT2D eigenvalue weighted by Crippen LogP contribution is 2.33. The van der Waals surface area contributed by atoms with E-state index in [-0.39, 0.29) is 6.04 Å². The van der Waals surface area contributed by atoms with Crippen LogP contribution in [0.3, 0.4) is 0 Å². The van der Waals surface area contributed by atoms with Crippen LogP contribution in [0.1, 0.15) is 18.0 Å². The van der Waals surface area contributed by atoms with Crippen molar-refractivity contribution in [3.8, 4) is 5.75 Å². The smallest absolute Gasteiger partial charge is 0.214 e. The minimum absolute atomic E-state index is 0.150. The maximum absolute atomic E-state index is 13.0. The molecule has 1 aromatic heterocycles. The molecule has 2 aromatic rings. The number of fused-ring (bicyclic) bond motifs is 1. The molecule has 0 spiro atoms. The third-order valence-electron chi connectivity index (χ3n) is 3.03. The Hall–Kier alpha value is -2.10.